The van der Waals surface area contributed by atoms with Gasteiger partial charge >= 0.3 is 0 Å². The van der Waals surface area contributed by atoms with Crippen LogP contribution in [0.15, 0.2) is 24.3 Å². The predicted octanol–water partition coefficient (Wildman–Crippen LogP) is 1.42. The molecule has 1 unspecified atom stereocenters. The third-order valence-electron chi connectivity index (χ3n) is 3.36. The van der Waals surface area contributed by atoms with Gasteiger partial charge in [-0.3, -0.25) is 4.90 Å². The Kier molecular flexibility index (Phi) is 5.13. The second kappa shape index (κ2) is 6.84. The van der Waals surface area contributed by atoms with Crippen LogP contribution < -0.4 is 10.5 Å². The van der Waals surface area contributed by atoms with Crippen LogP contribution in [0, 0.1) is 0 Å². The smallest absolute Gasteiger partial charge is 0.120 e. The number of rotatable bonds is 6. The molecule has 1 atom stereocenters. The molecule has 1 aromatic rings. The van der Waals surface area contributed by atoms with Crippen molar-refractivity contribution in [1.29, 1.82) is 0 Å². The molecule has 1 fully saturated rings. The first-order chi connectivity index (χ1) is 9.19. The van der Waals surface area contributed by atoms with E-state index in [1.54, 1.807) is 7.11 Å². The van der Waals surface area contributed by atoms with Gasteiger partial charge in [0.25, 0.3) is 0 Å². The number of nitrogens with zero attached hydrogens (tertiary/aromatic N) is 1. The summed E-state index contributed by atoms with van der Waals surface area (Å²) in [4.78, 5) is 2.75. The monoisotopic (exact) mass is 280 g/mol. The molecule has 1 saturated heterocycles. The minimum absolute atomic E-state index is 0.373. The maximum atomic E-state index is 5.73. The highest BCUT2D eigenvalue weighted by Crippen LogP contribution is 2.14. The lowest BCUT2D eigenvalue weighted by atomic mass is 10.2. The largest absolute Gasteiger partial charge is 0.492 e. The molecule has 104 valence electrons. The SMILES string of the molecule is COC1CCN(CCOc2cccc(C(N)=S)c2)C1. The second-order valence-corrected chi connectivity index (χ2v) is 5.13. The molecule has 1 aliphatic heterocycles. The molecule has 1 aromatic carbocycles. The van der Waals surface area contributed by atoms with Crippen LogP contribution in [0.2, 0.25) is 0 Å². The van der Waals surface area contributed by atoms with Crippen LogP contribution in [0.1, 0.15) is 12.0 Å². The van der Waals surface area contributed by atoms with Gasteiger partial charge in [-0.25, -0.2) is 0 Å². The van der Waals surface area contributed by atoms with Crippen LogP contribution >= 0.6 is 12.2 Å². The number of likely N-dealkylation sites (tertiary alicyclic amines) is 1. The molecule has 0 radical (unpaired) electrons. The number of methoxy groups -OCH3 is 1. The van der Waals surface area contributed by atoms with Crippen molar-refractivity contribution in [3.05, 3.63) is 29.8 Å². The van der Waals surface area contributed by atoms with Crippen LogP contribution in [-0.4, -0.2) is 49.3 Å². The Balaban J connectivity index is 1.77. The van der Waals surface area contributed by atoms with Crippen molar-refractivity contribution in [3.8, 4) is 5.75 Å². The molecule has 0 aromatic heterocycles. The molecular formula is C14H20N2O2S. The number of ether oxygens (including phenoxy) is 2. The first kappa shape index (κ1) is 14.2. The van der Waals surface area contributed by atoms with Gasteiger partial charge in [0.15, 0.2) is 0 Å². The Labute approximate surface area is 119 Å². The summed E-state index contributed by atoms with van der Waals surface area (Å²) in [5.41, 5.74) is 6.44. The van der Waals surface area contributed by atoms with Gasteiger partial charge in [-0.05, 0) is 18.6 Å². The Bertz CT molecular complexity index is 439. The number of benzene rings is 1. The van der Waals surface area contributed by atoms with E-state index in [-0.39, 0.29) is 0 Å². The van der Waals surface area contributed by atoms with E-state index in [4.69, 9.17) is 27.4 Å². The minimum Gasteiger partial charge on any atom is -0.492 e. The fourth-order valence-corrected chi connectivity index (χ4v) is 2.35. The highest BCUT2D eigenvalue weighted by molar-refractivity contribution is 7.80. The third kappa shape index (κ3) is 4.16. The summed E-state index contributed by atoms with van der Waals surface area (Å²) in [5.74, 6) is 0.813. The predicted molar refractivity (Wildman–Crippen MR) is 79.7 cm³/mol. The number of thiocarbonyl (C=S) groups is 1. The van der Waals surface area contributed by atoms with Crippen molar-refractivity contribution in [2.75, 3.05) is 33.4 Å². The van der Waals surface area contributed by atoms with Crippen LogP contribution in [0.25, 0.3) is 0 Å². The molecule has 4 nitrogen and oxygen atoms in total. The standard InChI is InChI=1S/C14H20N2O2S/c1-17-13-5-6-16(10-13)7-8-18-12-4-2-3-11(9-12)14(15)19/h2-4,9,13H,5-8,10H2,1H3,(H2,15,19). The molecule has 0 aliphatic carbocycles. The van der Waals surface area contributed by atoms with Gasteiger partial charge < -0.3 is 15.2 Å². The summed E-state index contributed by atoms with van der Waals surface area (Å²) in [7, 11) is 1.77. The molecule has 0 bridgehead atoms. The molecule has 0 saturated carbocycles. The van der Waals surface area contributed by atoms with Gasteiger partial charge in [0.2, 0.25) is 0 Å². The molecule has 2 rings (SSSR count). The summed E-state index contributed by atoms with van der Waals surface area (Å²) >= 11 is 4.95. The molecule has 0 spiro atoms. The van der Waals surface area contributed by atoms with Crippen molar-refractivity contribution in [2.24, 2.45) is 5.73 Å². The van der Waals surface area contributed by atoms with Crippen LogP contribution in [0.4, 0.5) is 0 Å². The first-order valence-electron chi connectivity index (χ1n) is 6.47. The van der Waals surface area contributed by atoms with E-state index >= 15 is 0 Å². The number of nitrogens with two attached hydrogens (primary N) is 1. The van der Waals surface area contributed by atoms with Crippen molar-refractivity contribution >= 4 is 17.2 Å². The minimum atomic E-state index is 0.373. The van der Waals surface area contributed by atoms with E-state index in [9.17, 15) is 0 Å². The van der Waals surface area contributed by atoms with E-state index in [0.717, 1.165) is 37.4 Å². The fraction of sp³-hybridized carbons (Fsp3) is 0.500. The highest BCUT2D eigenvalue weighted by Gasteiger charge is 2.21. The zero-order chi connectivity index (χ0) is 13.7. The molecule has 0 amide bonds. The van der Waals surface area contributed by atoms with Crippen molar-refractivity contribution < 1.29 is 9.47 Å². The third-order valence-corrected chi connectivity index (χ3v) is 3.59. The zero-order valence-corrected chi connectivity index (χ0v) is 12.0. The van der Waals surface area contributed by atoms with Crippen LogP contribution in [0.3, 0.4) is 0 Å². The maximum absolute atomic E-state index is 5.73. The molecule has 1 heterocycles. The maximum Gasteiger partial charge on any atom is 0.120 e. The van der Waals surface area contributed by atoms with Gasteiger partial charge in [-0.15, -0.1) is 0 Å². The quantitative estimate of drug-likeness (QED) is 0.799. The van der Waals surface area contributed by atoms with Crippen LogP contribution in [0.5, 0.6) is 5.75 Å². The van der Waals surface area contributed by atoms with Crippen molar-refractivity contribution in [3.63, 3.8) is 0 Å². The average Bonchev–Trinajstić information content (AvgIpc) is 2.87. The normalized spacial score (nSPS) is 19.5. The Hall–Kier alpha value is -1.17. The topological polar surface area (TPSA) is 47.7 Å². The average molecular weight is 280 g/mol. The second-order valence-electron chi connectivity index (χ2n) is 4.69. The Morgan fingerprint density at radius 1 is 1.53 bits per heavy atom. The van der Waals surface area contributed by atoms with Gasteiger partial charge in [-0.2, -0.15) is 0 Å². The van der Waals surface area contributed by atoms with Gasteiger partial charge in [0.1, 0.15) is 17.3 Å². The lowest BCUT2D eigenvalue weighted by Crippen LogP contribution is -2.27. The van der Waals surface area contributed by atoms with Crippen molar-refractivity contribution in [1.82, 2.24) is 4.90 Å². The Morgan fingerprint density at radius 2 is 2.37 bits per heavy atom. The zero-order valence-electron chi connectivity index (χ0n) is 11.2. The lowest BCUT2D eigenvalue weighted by molar-refractivity contribution is 0.106. The summed E-state index contributed by atoms with van der Waals surface area (Å²) < 4.78 is 11.1. The molecule has 5 heteroatoms. The van der Waals surface area contributed by atoms with Gasteiger partial charge in [-0.1, -0.05) is 24.4 Å². The van der Waals surface area contributed by atoms with E-state index in [1.807, 2.05) is 24.3 Å². The van der Waals surface area contributed by atoms with Gasteiger partial charge in [0, 0.05) is 32.3 Å². The summed E-state index contributed by atoms with van der Waals surface area (Å²) in [6.45, 7) is 3.65. The summed E-state index contributed by atoms with van der Waals surface area (Å²) in [6.07, 6.45) is 1.48. The Morgan fingerprint density at radius 3 is 3.05 bits per heavy atom. The lowest BCUT2D eigenvalue weighted by Gasteiger charge is -2.16. The summed E-state index contributed by atoms with van der Waals surface area (Å²) in [6, 6.07) is 7.59. The van der Waals surface area contributed by atoms with E-state index in [2.05, 4.69) is 4.90 Å². The van der Waals surface area contributed by atoms with Crippen molar-refractivity contribution in [2.45, 2.75) is 12.5 Å². The molecule has 19 heavy (non-hydrogen) atoms. The molecule has 2 N–H and O–H groups in total. The molecule has 1 aliphatic rings. The first-order valence-corrected chi connectivity index (χ1v) is 6.87. The van der Waals surface area contributed by atoms with Crippen LogP contribution in [-0.2, 0) is 4.74 Å². The van der Waals surface area contributed by atoms with E-state index < -0.39 is 0 Å². The van der Waals surface area contributed by atoms with E-state index in [1.165, 1.54) is 0 Å². The summed E-state index contributed by atoms with van der Waals surface area (Å²) in [5, 5.41) is 0. The number of hydrogen-bond acceptors (Lipinski definition) is 4. The van der Waals surface area contributed by atoms with E-state index in [0.29, 0.717) is 17.7 Å². The highest BCUT2D eigenvalue weighted by atomic mass is 32.1. The molecular weight excluding hydrogens is 260 g/mol. The number of hydrogen-bond donors (Lipinski definition) is 1. The van der Waals surface area contributed by atoms with Gasteiger partial charge in [0.05, 0.1) is 6.10 Å². The fourth-order valence-electron chi connectivity index (χ4n) is 2.22.